The fraction of sp³-hybridized carbons (Fsp3) is 0.500. The molecule has 6 heteroatoms. The second-order valence-electron chi connectivity index (χ2n) is 6.52. The van der Waals surface area contributed by atoms with Gasteiger partial charge in [0, 0.05) is 37.8 Å². The maximum atomic E-state index is 12.2. The van der Waals surface area contributed by atoms with Crippen molar-refractivity contribution in [3.8, 4) is 0 Å². The lowest BCUT2D eigenvalue weighted by Gasteiger charge is -2.36. The van der Waals surface area contributed by atoms with E-state index in [1.54, 1.807) is 4.90 Å². The standard InChI is InChI=1S/C18H23N3O3/c1-13-2-6-15(7-3-13)20-8-10-21(11-9-20)16(22)12-19-18(24)17(23)14-4-5-14/h2-3,6-7,14H,4-5,8-12H2,1H3,(H,19,24). The van der Waals surface area contributed by atoms with Gasteiger partial charge in [0.15, 0.2) is 0 Å². The van der Waals surface area contributed by atoms with E-state index >= 15 is 0 Å². The molecule has 1 aromatic carbocycles. The molecule has 2 amide bonds. The van der Waals surface area contributed by atoms with Crippen molar-refractivity contribution < 1.29 is 14.4 Å². The lowest BCUT2D eigenvalue weighted by atomic mass is 10.2. The zero-order valence-electron chi connectivity index (χ0n) is 14.0. The number of carbonyl (C=O) groups excluding carboxylic acids is 3. The second kappa shape index (κ2) is 7.03. The molecule has 1 saturated heterocycles. The van der Waals surface area contributed by atoms with E-state index in [-0.39, 0.29) is 24.2 Å². The minimum atomic E-state index is -0.621. The van der Waals surface area contributed by atoms with Gasteiger partial charge in [-0.2, -0.15) is 0 Å². The van der Waals surface area contributed by atoms with Crippen LogP contribution in [0.4, 0.5) is 5.69 Å². The molecule has 6 nitrogen and oxygen atoms in total. The molecule has 2 fully saturated rings. The highest BCUT2D eigenvalue weighted by Gasteiger charge is 2.34. The quantitative estimate of drug-likeness (QED) is 0.809. The van der Waals surface area contributed by atoms with Crippen LogP contribution >= 0.6 is 0 Å². The Morgan fingerprint density at radius 1 is 1.04 bits per heavy atom. The number of nitrogens with zero attached hydrogens (tertiary/aromatic N) is 2. The van der Waals surface area contributed by atoms with Gasteiger partial charge in [-0.05, 0) is 31.9 Å². The summed E-state index contributed by atoms with van der Waals surface area (Å²) in [5.41, 5.74) is 2.39. The molecule has 0 spiro atoms. The van der Waals surface area contributed by atoms with Gasteiger partial charge in [0.1, 0.15) is 0 Å². The lowest BCUT2D eigenvalue weighted by molar-refractivity contribution is -0.140. The Kier molecular flexibility index (Phi) is 4.83. The van der Waals surface area contributed by atoms with Crippen LogP contribution in [0.1, 0.15) is 18.4 Å². The molecule has 3 rings (SSSR count). The highest BCUT2D eigenvalue weighted by atomic mass is 16.2. The van der Waals surface area contributed by atoms with Crippen molar-refractivity contribution in [2.24, 2.45) is 5.92 Å². The monoisotopic (exact) mass is 329 g/mol. The Bertz CT molecular complexity index is 629. The van der Waals surface area contributed by atoms with Gasteiger partial charge in [0.25, 0.3) is 5.91 Å². The Morgan fingerprint density at radius 2 is 1.67 bits per heavy atom. The number of nitrogens with one attached hydrogen (secondary N) is 1. The fourth-order valence-corrected chi connectivity index (χ4v) is 2.86. The van der Waals surface area contributed by atoms with E-state index in [1.807, 2.05) is 0 Å². The van der Waals surface area contributed by atoms with Crippen LogP contribution in [0.3, 0.4) is 0 Å². The number of Topliss-reactive ketones (excluding diaryl/α,β-unsaturated/α-hetero) is 1. The Labute approximate surface area is 141 Å². The number of carbonyl (C=O) groups is 3. The highest BCUT2D eigenvalue weighted by Crippen LogP contribution is 2.29. The average molecular weight is 329 g/mol. The summed E-state index contributed by atoms with van der Waals surface area (Å²) in [6.45, 7) is 4.75. The van der Waals surface area contributed by atoms with Crippen LogP contribution in [-0.2, 0) is 14.4 Å². The first-order valence-electron chi connectivity index (χ1n) is 8.46. The molecular weight excluding hydrogens is 306 g/mol. The van der Waals surface area contributed by atoms with Crippen molar-refractivity contribution in [3.63, 3.8) is 0 Å². The predicted molar refractivity (Wildman–Crippen MR) is 90.7 cm³/mol. The predicted octanol–water partition coefficient (Wildman–Crippen LogP) is 0.739. The zero-order valence-corrected chi connectivity index (χ0v) is 14.0. The van der Waals surface area contributed by atoms with Crippen LogP contribution in [-0.4, -0.2) is 55.2 Å². The van der Waals surface area contributed by atoms with Gasteiger partial charge < -0.3 is 15.1 Å². The fourth-order valence-electron chi connectivity index (χ4n) is 2.86. The van der Waals surface area contributed by atoms with Crippen molar-refractivity contribution in [2.75, 3.05) is 37.6 Å². The van der Waals surface area contributed by atoms with E-state index in [0.29, 0.717) is 13.1 Å². The average Bonchev–Trinajstić information content (AvgIpc) is 3.44. The number of benzene rings is 1. The van der Waals surface area contributed by atoms with E-state index in [2.05, 4.69) is 41.4 Å². The van der Waals surface area contributed by atoms with Gasteiger partial charge in [0.05, 0.1) is 6.54 Å². The minimum Gasteiger partial charge on any atom is -0.368 e. The summed E-state index contributed by atoms with van der Waals surface area (Å²) in [4.78, 5) is 39.4. The van der Waals surface area contributed by atoms with Gasteiger partial charge in [-0.3, -0.25) is 14.4 Å². The number of hydrogen-bond acceptors (Lipinski definition) is 4. The largest absolute Gasteiger partial charge is 0.368 e. The summed E-state index contributed by atoms with van der Waals surface area (Å²) >= 11 is 0. The topological polar surface area (TPSA) is 69.7 Å². The third kappa shape index (κ3) is 3.93. The van der Waals surface area contributed by atoms with E-state index in [0.717, 1.165) is 31.6 Å². The van der Waals surface area contributed by atoms with Crippen LogP contribution in [0.25, 0.3) is 0 Å². The minimum absolute atomic E-state index is 0.0954. The van der Waals surface area contributed by atoms with E-state index in [1.165, 1.54) is 5.56 Å². The van der Waals surface area contributed by atoms with Crippen LogP contribution in [0, 0.1) is 12.8 Å². The molecule has 0 aromatic heterocycles. The Balaban J connectivity index is 1.43. The van der Waals surface area contributed by atoms with Crippen molar-refractivity contribution in [2.45, 2.75) is 19.8 Å². The van der Waals surface area contributed by atoms with Crippen LogP contribution in [0.15, 0.2) is 24.3 Å². The molecule has 1 N–H and O–H groups in total. The number of aryl methyl sites for hydroxylation is 1. The molecule has 1 saturated carbocycles. The molecule has 2 aliphatic rings. The maximum Gasteiger partial charge on any atom is 0.288 e. The van der Waals surface area contributed by atoms with Crippen molar-refractivity contribution >= 4 is 23.3 Å². The molecule has 0 unspecified atom stereocenters. The summed E-state index contributed by atoms with van der Waals surface area (Å²) in [5, 5.41) is 2.46. The van der Waals surface area contributed by atoms with Crippen LogP contribution in [0.2, 0.25) is 0 Å². The van der Waals surface area contributed by atoms with Crippen molar-refractivity contribution in [1.29, 1.82) is 0 Å². The third-order valence-corrected chi connectivity index (χ3v) is 4.60. The third-order valence-electron chi connectivity index (χ3n) is 4.60. The summed E-state index contributed by atoms with van der Waals surface area (Å²) < 4.78 is 0. The molecule has 0 atom stereocenters. The number of piperazine rings is 1. The number of amides is 2. The molecule has 24 heavy (non-hydrogen) atoms. The summed E-state index contributed by atoms with van der Waals surface area (Å²) in [7, 11) is 0. The van der Waals surface area contributed by atoms with Gasteiger partial charge in [-0.1, -0.05) is 17.7 Å². The zero-order chi connectivity index (χ0) is 17.1. The first-order chi connectivity index (χ1) is 11.5. The molecule has 1 aliphatic carbocycles. The molecular formula is C18H23N3O3. The van der Waals surface area contributed by atoms with Gasteiger partial charge >= 0.3 is 0 Å². The number of ketones is 1. The number of hydrogen-bond donors (Lipinski definition) is 1. The van der Waals surface area contributed by atoms with Crippen molar-refractivity contribution in [1.82, 2.24) is 10.2 Å². The SMILES string of the molecule is Cc1ccc(N2CCN(C(=O)CNC(=O)C(=O)C3CC3)CC2)cc1. The molecule has 0 radical (unpaired) electrons. The molecule has 1 aromatic rings. The molecule has 1 heterocycles. The lowest BCUT2D eigenvalue weighted by Crippen LogP contribution is -2.51. The highest BCUT2D eigenvalue weighted by molar-refractivity contribution is 6.37. The molecule has 128 valence electrons. The first-order valence-corrected chi connectivity index (χ1v) is 8.46. The maximum absolute atomic E-state index is 12.2. The Hall–Kier alpha value is -2.37. The first kappa shape index (κ1) is 16.5. The Morgan fingerprint density at radius 3 is 2.25 bits per heavy atom. The van der Waals surface area contributed by atoms with Gasteiger partial charge in [-0.15, -0.1) is 0 Å². The van der Waals surface area contributed by atoms with Crippen molar-refractivity contribution in [3.05, 3.63) is 29.8 Å². The van der Waals surface area contributed by atoms with Gasteiger partial charge in [-0.25, -0.2) is 0 Å². The second-order valence-corrected chi connectivity index (χ2v) is 6.52. The smallest absolute Gasteiger partial charge is 0.288 e. The summed E-state index contributed by atoms with van der Waals surface area (Å²) in [6.07, 6.45) is 1.59. The normalized spacial score (nSPS) is 17.5. The van der Waals surface area contributed by atoms with Gasteiger partial charge in [0.2, 0.25) is 11.7 Å². The van der Waals surface area contributed by atoms with E-state index < -0.39 is 5.91 Å². The molecule has 0 bridgehead atoms. The number of rotatable bonds is 5. The summed E-state index contributed by atoms with van der Waals surface area (Å²) in [6, 6.07) is 8.35. The van der Waals surface area contributed by atoms with E-state index in [4.69, 9.17) is 0 Å². The van der Waals surface area contributed by atoms with Crippen LogP contribution < -0.4 is 10.2 Å². The summed E-state index contributed by atoms with van der Waals surface area (Å²) in [5.74, 6) is -1.25. The number of anilines is 1. The van der Waals surface area contributed by atoms with E-state index in [9.17, 15) is 14.4 Å². The molecule has 1 aliphatic heterocycles. The van der Waals surface area contributed by atoms with Crippen LogP contribution in [0.5, 0.6) is 0 Å².